The van der Waals surface area contributed by atoms with Gasteiger partial charge in [0.1, 0.15) is 5.60 Å². The highest BCUT2D eigenvalue weighted by Gasteiger charge is 2.54. The van der Waals surface area contributed by atoms with Gasteiger partial charge in [-0.25, -0.2) is 4.79 Å². The summed E-state index contributed by atoms with van der Waals surface area (Å²) >= 11 is 0. The Labute approximate surface area is 137 Å². The highest BCUT2D eigenvalue weighted by Crippen LogP contribution is 2.44. The molecule has 3 atom stereocenters. The lowest BCUT2D eigenvalue weighted by Crippen LogP contribution is -2.67. The molecular weight excluding hydrogens is 292 g/mol. The van der Waals surface area contributed by atoms with E-state index in [1.54, 1.807) is 0 Å². The Morgan fingerprint density at radius 1 is 1.30 bits per heavy atom. The predicted octanol–water partition coefficient (Wildman–Crippen LogP) is 2.78. The number of hydrogen-bond acceptors (Lipinski definition) is 3. The Morgan fingerprint density at radius 2 is 2.04 bits per heavy atom. The van der Waals surface area contributed by atoms with Crippen molar-refractivity contribution in [3.63, 3.8) is 0 Å². The van der Waals surface area contributed by atoms with Gasteiger partial charge in [-0.3, -0.25) is 4.79 Å². The molecule has 2 amide bonds. The number of ether oxygens (including phenoxy) is 1. The molecule has 1 aliphatic carbocycles. The van der Waals surface area contributed by atoms with Crippen LogP contribution in [-0.4, -0.2) is 40.6 Å². The number of carbonyl (C=O) groups excluding carboxylic acids is 2. The molecule has 3 aliphatic rings. The second-order valence-corrected chi connectivity index (χ2v) is 7.76. The Hall–Kier alpha value is -1.78. The van der Waals surface area contributed by atoms with Gasteiger partial charge in [0.2, 0.25) is 5.91 Å². The van der Waals surface area contributed by atoms with Crippen molar-refractivity contribution in [2.24, 2.45) is 5.92 Å². The van der Waals surface area contributed by atoms with Crippen LogP contribution in [0.4, 0.5) is 4.79 Å². The maximum Gasteiger partial charge on any atom is 0.410 e. The highest BCUT2D eigenvalue weighted by atomic mass is 16.6. The van der Waals surface area contributed by atoms with E-state index in [9.17, 15) is 9.59 Å². The van der Waals surface area contributed by atoms with Crippen LogP contribution in [0.2, 0.25) is 0 Å². The highest BCUT2D eigenvalue weighted by molar-refractivity contribution is 5.81. The molecule has 0 aromatic rings. The maximum absolute atomic E-state index is 12.8. The zero-order valence-corrected chi connectivity index (χ0v) is 14.2. The number of piperidine rings is 2. The fourth-order valence-corrected chi connectivity index (χ4v) is 4.07. The molecule has 126 valence electrons. The molecule has 0 aromatic heterocycles. The standard InChI is InChI=1S/C18H26N2O3/c1-17(2,3)23-16(22)20-11-7-6-10-18(20)12-15(21)19-14-9-5-4-8-13(14)18/h4-5,8-9,13-14H,6-7,10-12H2,1-3H3,(H,19,21). The molecule has 3 rings (SSSR count). The number of likely N-dealkylation sites (tertiary alicyclic amines) is 1. The van der Waals surface area contributed by atoms with Gasteiger partial charge < -0.3 is 15.0 Å². The van der Waals surface area contributed by atoms with E-state index in [0.29, 0.717) is 13.0 Å². The van der Waals surface area contributed by atoms with E-state index < -0.39 is 11.1 Å². The van der Waals surface area contributed by atoms with Crippen molar-refractivity contribution >= 4 is 12.0 Å². The first-order valence-corrected chi connectivity index (χ1v) is 8.47. The minimum atomic E-state index is -0.533. The van der Waals surface area contributed by atoms with Crippen LogP contribution in [0, 0.1) is 5.92 Å². The number of fused-ring (bicyclic) bond motifs is 2. The van der Waals surface area contributed by atoms with Gasteiger partial charge in [0.25, 0.3) is 0 Å². The SMILES string of the molecule is CC(C)(C)OC(=O)N1CCCCC12CC(=O)NC1C=CC=CC12. The Morgan fingerprint density at radius 3 is 2.78 bits per heavy atom. The van der Waals surface area contributed by atoms with Crippen LogP contribution in [0.15, 0.2) is 24.3 Å². The molecule has 1 N–H and O–H groups in total. The number of hydrogen-bond donors (Lipinski definition) is 1. The number of nitrogens with zero attached hydrogens (tertiary/aromatic N) is 1. The van der Waals surface area contributed by atoms with Gasteiger partial charge in [-0.15, -0.1) is 0 Å². The van der Waals surface area contributed by atoms with Gasteiger partial charge in [0.15, 0.2) is 0 Å². The van der Waals surface area contributed by atoms with Gasteiger partial charge in [-0.1, -0.05) is 24.3 Å². The van der Waals surface area contributed by atoms with E-state index in [-0.39, 0.29) is 24.0 Å². The summed E-state index contributed by atoms with van der Waals surface area (Å²) in [6.45, 7) is 6.28. The molecule has 0 saturated carbocycles. The summed E-state index contributed by atoms with van der Waals surface area (Å²) in [5, 5.41) is 3.04. The lowest BCUT2D eigenvalue weighted by Gasteiger charge is -2.54. The molecule has 3 unspecified atom stereocenters. The average Bonchev–Trinajstić information content (AvgIpc) is 2.45. The molecule has 2 fully saturated rings. The first-order chi connectivity index (χ1) is 10.8. The molecular formula is C18H26N2O3. The van der Waals surface area contributed by atoms with Crippen molar-refractivity contribution in [3.8, 4) is 0 Å². The third-order valence-electron chi connectivity index (χ3n) is 4.94. The summed E-state index contributed by atoms with van der Waals surface area (Å²) in [7, 11) is 0. The van der Waals surface area contributed by atoms with Crippen molar-refractivity contribution in [2.45, 2.75) is 63.6 Å². The smallest absolute Gasteiger partial charge is 0.410 e. The minimum Gasteiger partial charge on any atom is -0.444 e. The maximum atomic E-state index is 12.8. The van der Waals surface area contributed by atoms with Crippen LogP contribution in [0.1, 0.15) is 46.5 Å². The van der Waals surface area contributed by atoms with E-state index >= 15 is 0 Å². The largest absolute Gasteiger partial charge is 0.444 e. The summed E-state index contributed by atoms with van der Waals surface area (Å²) < 4.78 is 5.63. The molecule has 2 saturated heterocycles. The number of allylic oxidation sites excluding steroid dienone is 2. The second kappa shape index (κ2) is 5.69. The van der Waals surface area contributed by atoms with Crippen LogP contribution in [0.5, 0.6) is 0 Å². The van der Waals surface area contributed by atoms with Crippen LogP contribution in [0.25, 0.3) is 0 Å². The van der Waals surface area contributed by atoms with E-state index in [0.717, 1.165) is 19.3 Å². The fourth-order valence-electron chi connectivity index (χ4n) is 4.07. The van der Waals surface area contributed by atoms with Crippen LogP contribution < -0.4 is 5.32 Å². The topological polar surface area (TPSA) is 58.6 Å². The molecule has 0 bridgehead atoms. The van der Waals surface area contributed by atoms with E-state index in [2.05, 4.69) is 11.4 Å². The zero-order chi connectivity index (χ0) is 16.7. The number of carbonyl (C=O) groups is 2. The van der Waals surface area contributed by atoms with E-state index in [4.69, 9.17) is 4.74 Å². The van der Waals surface area contributed by atoms with Crippen molar-refractivity contribution < 1.29 is 14.3 Å². The quantitative estimate of drug-likeness (QED) is 0.747. The predicted molar refractivity (Wildman–Crippen MR) is 87.8 cm³/mol. The molecule has 0 radical (unpaired) electrons. The van der Waals surface area contributed by atoms with Crippen LogP contribution in [-0.2, 0) is 9.53 Å². The molecule has 5 nitrogen and oxygen atoms in total. The normalized spacial score (nSPS) is 33.3. The van der Waals surface area contributed by atoms with Gasteiger partial charge in [0, 0.05) is 12.5 Å². The van der Waals surface area contributed by atoms with E-state index in [1.807, 2.05) is 43.9 Å². The summed E-state index contributed by atoms with van der Waals surface area (Å²) in [6, 6.07) is -0.0377. The lowest BCUT2D eigenvalue weighted by atomic mass is 9.67. The van der Waals surface area contributed by atoms with Crippen molar-refractivity contribution in [2.75, 3.05) is 6.54 Å². The fraction of sp³-hybridized carbons (Fsp3) is 0.667. The van der Waals surface area contributed by atoms with Gasteiger partial charge in [-0.2, -0.15) is 0 Å². The molecule has 1 spiro atoms. The first kappa shape index (κ1) is 16.1. The third-order valence-corrected chi connectivity index (χ3v) is 4.94. The van der Waals surface area contributed by atoms with Crippen molar-refractivity contribution in [1.29, 1.82) is 0 Å². The molecule has 23 heavy (non-hydrogen) atoms. The third kappa shape index (κ3) is 3.01. The Balaban J connectivity index is 1.94. The van der Waals surface area contributed by atoms with E-state index in [1.165, 1.54) is 0 Å². The Bertz CT molecular complexity index is 561. The summed E-state index contributed by atoms with van der Waals surface area (Å²) in [5.41, 5.74) is -0.997. The van der Waals surface area contributed by atoms with Gasteiger partial charge in [0.05, 0.1) is 18.0 Å². The monoisotopic (exact) mass is 318 g/mol. The number of rotatable bonds is 0. The number of amides is 2. The Kier molecular flexibility index (Phi) is 3.98. The molecule has 2 heterocycles. The number of nitrogens with one attached hydrogen (secondary N) is 1. The second-order valence-electron chi connectivity index (χ2n) is 7.76. The molecule has 5 heteroatoms. The average molecular weight is 318 g/mol. The van der Waals surface area contributed by atoms with Crippen molar-refractivity contribution in [3.05, 3.63) is 24.3 Å². The van der Waals surface area contributed by atoms with Crippen LogP contribution in [0.3, 0.4) is 0 Å². The lowest BCUT2D eigenvalue weighted by molar-refractivity contribution is -0.131. The summed E-state index contributed by atoms with van der Waals surface area (Å²) in [6.07, 6.45) is 11.0. The summed E-state index contributed by atoms with van der Waals surface area (Å²) in [5.74, 6) is 0.125. The first-order valence-electron chi connectivity index (χ1n) is 8.47. The summed E-state index contributed by atoms with van der Waals surface area (Å²) in [4.78, 5) is 26.9. The van der Waals surface area contributed by atoms with Gasteiger partial charge in [-0.05, 0) is 40.0 Å². The van der Waals surface area contributed by atoms with Crippen molar-refractivity contribution in [1.82, 2.24) is 10.2 Å². The molecule has 0 aromatic carbocycles. The molecule has 2 aliphatic heterocycles. The van der Waals surface area contributed by atoms with Crippen LogP contribution >= 0.6 is 0 Å². The van der Waals surface area contributed by atoms with Gasteiger partial charge >= 0.3 is 6.09 Å². The minimum absolute atomic E-state index is 0.0154. The zero-order valence-electron chi connectivity index (χ0n) is 14.2.